The number of amides is 1. The Morgan fingerprint density at radius 2 is 1.91 bits per heavy atom. The lowest BCUT2D eigenvalue weighted by molar-refractivity contribution is 0.0939. The van der Waals surface area contributed by atoms with Gasteiger partial charge in [0.1, 0.15) is 6.04 Å². The van der Waals surface area contributed by atoms with E-state index in [1.165, 1.54) is 5.56 Å². The van der Waals surface area contributed by atoms with Crippen molar-refractivity contribution in [3.8, 4) is 0 Å². The number of nitrogens with two attached hydrogens (primary N) is 1. The molecule has 0 bridgehead atoms. The second-order valence-corrected chi connectivity index (χ2v) is 9.53. The van der Waals surface area contributed by atoms with E-state index in [4.69, 9.17) is 5.84 Å². The van der Waals surface area contributed by atoms with Crippen LogP contribution in [0.3, 0.4) is 0 Å². The largest absolute Gasteiger partial charge is 0.347 e. The maximum Gasteiger partial charge on any atom is 0.254 e. The first kappa shape index (κ1) is 22.8. The van der Waals surface area contributed by atoms with Gasteiger partial charge in [-0.3, -0.25) is 15.5 Å². The predicted molar refractivity (Wildman–Crippen MR) is 133 cm³/mol. The maximum atomic E-state index is 13.1. The van der Waals surface area contributed by atoms with Crippen LogP contribution in [0.4, 0.5) is 11.4 Å². The number of anilines is 2. The summed E-state index contributed by atoms with van der Waals surface area (Å²) in [5, 5.41) is 11.9. The van der Waals surface area contributed by atoms with Crippen LogP contribution in [0.5, 0.6) is 0 Å². The standard InChI is InChI=1S/C25H33N7O2/c26-31-13-5-4-10-21(17-31)32-23-19(15-30-14-12-20(16-30)29-34)9-6-11-22(23)27-25(32)28-24(33)18-7-2-1-3-8-18/h1-3,6-9,11,20-21,25,27H,4-5,10,12-17,26H2,(H,28,33)/t20?,21-,25?/m1/s1. The molecule has 2 fully saturated rings. The third kappa shape index (κ3) is 4.77. The number of hydrazine groups is 1. The summed E-state index contributed by atoms with van der Waals surface area (Å²) in [6.45, 7) is 3.90. The number of carbonyl (C=O) groups excluding carboxylic acids is 1. The first-order valence-corrected chi connectivity index (χ1v) is 12.2. The zero-order valence-corrected chi connectivity index (χ0v) is 19.4. The van der Waals surface area contributed by atoms with Gasteiger partial charge in [0.25, 0.3) is 5.91 Å². The topological polar surface area (TPSA) is 106 Å². The van der Waals surface area contributed by atoms with Crippen molar-refractivity contribution in [2.45, 2.75) is 50.6 Å². The molecular formula is C25H33N7O2. The van der Waals surface area contributed by atoms with E-state index in [2.05, 4.69) is 43.8 Å². The fourth-order valence-electron chi connectivity index (χ4n) is 5.44. The van der Waals surface area contributed by atoms with Gasteiger partial charge >= 0.3 is 0 Å². The Morgan fingerprint density at radius 3 is 2.71 bits per heavy atom. The molecule has 5 rings (SSSR count). The molecule has 1 amide bonds. The van der Waals surface area contributed by atoms with Crippen molar-refractivity contribution < 1.29 is 4.79 Å². The molecule has 0 saturated carbocycles. The van der Waals surface area contributed by atoms with Crippen LogP contribution in [0.2, 0.25) is 0 Å². The fourth-order valence-corrected chi connectivity index (χ4v) is 5.44. The Kier molecular flexibility index (Phi) is 6.75. The second-order valence-electron chi connectivity index (χ2n) is 9.53. The molecule has 9 heteroatoms. The van der Waals surface area contributed by atoms with Crippen LogP contribution in [0, 0.1) is 4.91 Å². The number of nitrogens with one attached hydrogen (secondary N) is 2. The summed E-state index contributed by atoms with van der Waals surface area (Å²) >= 11 is 0. The Morgan fingerprint density at radius 1 is 1.06 bits per heavy atom. The normalized spacial score (nSPS) is 25.4. The predicted octanol–water partition coefficient (Wildman–Crippen LogP) is 2.70. The number of fused-ring (bicyclic) bond motifs is 1. The number of nitrogens with zero attached hydrogens (tertiary/aromatic N) is 4. The van der Waals surface area contributed by atoms with Crippen molar-refractivity contribution in [1.82, 2.24) is 15.2 Å². The average molecular weight is 464 g/mol. The average Bonchev–Trinajstić information content (AvgIpc) is 3.39. The second kappa shape index (κ2) is 10.1. The smallest absolute Gasteiger partial charge is 0.254 e. The minimum absolute atomic E-state index is 0.116. The molecule has 2 saturated heterocycles. The maximum absolute atomic E-state index is 13.1. The molecule has 0 aromatic heterocycles. The van der Waals surface area contributed by atoms with E-state index >= 15 is 0 Å². The van der Waals surface area contributed by atoms with Gasteiger partial charge in [0.2, 0.25) is 0 Å². The van der Waals surface area contributed by atoms with E-state index in [9.17, 15) is 9.70 Å². The number of hydrogen-bond donors (Lipinski definition) is 3. The molecule has 0 aliphatic carbocycles. The van der Waals surface area contributed by atoms with Crippen LogP contribution < -0.4 is 21.4 Å². The Labute approximate surface area is 200 Å². The number of benzene rings is 2. The summed E-state index contributed by atoms with van der Waals surface area (Å²) in [5.74, 6) is 6.19. The highest BCUT2D eigenvalue weighted by atomic mass is 16.3. The fraction of sp³-hybridized carbons (Fsp3) is 0.480. The van der Waals surface area contributed by atoms with E-state index in [-0.39, 0.29) is 24.3 Å². The van der Waals surface area contributed by atoms with Crippen LogP contribution in [-0.2, 0) is 6.54 Å². The summed E-state index contributed by atoms with van der Waals surface area (Å²) in [6, 6.07) is 15.6. The number of rotatable bonds is 6. The van der Waals surface area contributed by atoms with Gasteiger partial charge in [-0.05, 0) is 43.0 Å². The summed E-state index contributed by atoms with van der Waals surface area (Å²) in [5.41, 5.74) is 3.93. The molecule has 9 nitrogen and oxygen atoms in total. The van der Waals surface area contributed by atoms with Crippen LogP contribution in [0.25, 0.3) is 0 Å². The van der Waals surface area contributed by atoms with Gasteiger partial charge in [-0.1, -0.05) is 41.9 Å². The van der Waals surface area contributed by atoms with Gasteiger partial charge in [-0.2, -0.15) is 4.91 Å². The van der Waals surface area contributed by atoms with E-state index in [0.717, 1.165) is 63.2 Å². The summed E-state index contributed by atoms with van der Waals surface area (Å²) in [7, 11) is 0. The molecule has 0 spiro atoms. The minimum Gasteiger partial charge on any atom is -0.347 e. The highest BCUT2D eigenvalue weighted by Crippen LogP contribution is 2.40. The molecular weight excluding hydrogens is 430 g/mol. The first-order valence-electron chi connectivity index (χ1n) is 12.2. The lowest BCUT2D eigenvalue weighted by atomic mass is 10.1. The Bertz CT molecular complexity index is 1020. The van der Waals surface area contributed by atoms with E-state index in [1.54, 1.807) is 0 Å². The summed E-state index contributed by atoms with van der Waals surface area (Å²) in [6.07, 6.45) is 3.59. The summed E-state index contributed by atoms with van der Waals surface area (Å²) in [4.78, 5) is 28.7. The van der Waals surface area contributed by atoms with E-state index in [1.807, 2.05) is 35.3 Å². The highest BCUT2D eigenvalue weighted by Gasteiger charge is 2.38. The SMILES string of the molecule is NN1CCCC[C@@H](N2c3c(CN4CCC(N=O)C4)cccc3NC2NC(=O)c2ccccc2)C1. The third-order valence-electron chi connectivity index (χ3n) is 7.11. The number of nitroso groups, excluding NO2 is 1. The molecule has 3 aliphatic heterocycles. The molecule has 2 aromatic rings. The molecule has 3 atom stereocenters. The van der Waals surface area contributed by atoms with Crippen LogP contribution in [-0.4, -0.2) is 60.4 Å². The van der Waals surface area contributed by atoms with Crippen molar-refractivity contribution in [3.05, 3.63) is 64.6 Å². The van der Waals surface area contributed by atoms with E-state index in [0.29, 0.717) is 12.1 Å². The van der Waals surface area contributed by atoms with Crippen molar-refractivity contribution in [3.63, 3.8) is 0 Å². The van der Waals surface area contributed by atoms with Gasteiger partial charge in [-0.15, -0.1) is 0 Å². The van der Waals surface area contributed by atoms with Crippen LogP contribution >= 0.6 is 0 Å². The number of hydrogen-bond acceptors (Lipinski definition) is 8. The Hall–Kier alpha value is -3.01. The molecule has 3 aliphatic rings. The third-order valence-corrected chi connectivity index (χ3v) is 7.11. The molecule has 4 N–H and O–H groups in total. The Balaban J connectivity index is 1.45. The van der Waals surface area contributed by atoms with Gasteiger partial charge in [-0.25, -0.2) is 5.01 Å². The number of likely N-dealkylation sites (tertiary alicyclic amines) is 1. The first-order chi connectivity index (χ1) is 16.6. The molecule has 34 heavy (non-hydrogen) atoms. The lowest BCUT2D eigenvalue weighted by Gasteiger charge is -2.37. The zero-order valence-electron chi connectivity index (χ0n) is 19.4. The van der Waals surface area contributed by atoms with Crippen molar-refractivity contribution in [2.24, 2.45) is 11.0 Å². The van der Waals surface area contributed by atoms with E-state index < -0.39 is 0 Å². The number of para-hydroxylation sites is 1. The van der Waals surface area contributed by atoms with Crippen molar-refractivity contribution >= 4 is 17.3 Å². The minimum atomic E-state index is -0.372. The molecule has 0 radical (unpaired) electrons. The van der Waals surface area contributed by atoms with Gasteiger partial charge in [0.15, 0.2) is 6.29 Å². The van der Waals surface area contributed by atoms with Gasteiger partial charge < -0.3 is 15.5 Å². The van der Waals surface area contributed by atoms with Crippen molar-refractivity contribution in [2.75, 3.05) is 36.4 Å². The molecule has 2 unspecified atom stereocenters. The monoisotopic (exact) mass is 463 g/mol. The molecule has 180 valence electrons. The molecule has 3 heterocycles. The van der Waals surface area contributed by atoms with Crippen molar-refractivity contribution in [1.29, 1.82) is 0 Å². The number of carbonyl (C=O) groups is 1. The summed E-state index contributed by atoms with van der Waals surface area (Å²) < 4.78 is 0. The molecule has 2 aromatic carbocycles. The van der Waals surface area contributed by atoms with Crippen LogP contribution in [0.1, 0.15) is 41.6 Å². The highest BCUT2D eigenvalue weighted by molar-refractivity contribution is 5.95. The van der Waals surface area contributed by atoms with Gasteiger partial charge in [0, 0.05) is 44.3 Å². The zero-order chi connectivity index (χ0) is 23.5. The lowest BCUT2D eigenvalue weighted by Crippen LogP contribution is -2.56. The van der Waals surface area contributed by atoms with Gasteiger partial charge in [0.05, 0.1) is 11.4 Å². The van der Waals surface area contributed by atoms with Crippen LogP contribution in [0.15, 0.2) is 53.7 Å². The quantitative estimate of drug-likeness (QED) is 0.447.